The summed E-state index contributed by atoms with van der Waals surface area (Å²) in [5.74, 6) is -0.624. The summed E-state index contributed by atoms with van der Waals surface area (Å²) in [5, 5.41) is 13.2. The number of rotatable bonds is 4. The predicted octanol–water partition coefficient (Wildman–Crippen LogP) is 2.27. The van der Waals surface area contributed by atoms with Gasteiger partial charge in [-0.2, -0.15) is 0 Å². The lowest BCUT2D eigenvalue weighted by atomic mass is 9.71. The molecule has 28 heavy (non-hydrogen) atoms. The number of benzene rings is 1. The van der Waals surface area contributed by atoms with Gasteiger partial charge in [-0.05, 0) is 31.5 Å². The molecule has 0 aliphatic carbocycles. The zero-order valence-electron chi connectivity index (χ0n) is 16.8. The highest BCUT2D eigenvalue weighted by Gasteiger charge is 2.44. The number of aliphatic hydroxyl groups is 1. The molecule has 7 nitrogen and oxygen atoms in total. The van der Waals surface area contributed by atoms with Gasteiger partial charge < -0.3 is 20.1 Å². The molecule has 2 saturated heterocycles. The normalized spacial score (nSPS) is 26.9. The van der Waals surface area contributed by atoms with Crippen LogP contribution in [0.4, 0.5) is 20.6 Å². The lowest BCUT2D eigenvalue weighted by Gasteiger charge is -2.49. The van der Waals surface area contributed by atoms with Crippen molar-refractivity contribution in [2.75, 3.05) is 36.0 Å². The van der Waals surface area contributed by atoms with Crippen molar-refractivity contribution in [3.05, 3.63) is 24.0 Å². The second-order valence-electron chi connectivity index (χ2n) is 8.52. The molecule has 0 spiro atoms. The fourth-order valence-corrected chi connectivity index (χ4v) is 3.64. The number of halogens is 1. The van der Waals surface area contributed by atoms with Gasteiger partial charge in [-0.3, -0.25) is 9.69 Å². The van der Waals surface area contributed by atoms with Crippen molar-refractivity contribution in [1.29, 1.82) is 0 Å². The Kier molecular flexibility index (Phi) is 5.27. The predicted molar refractivity (Wildman–Crippen MR) is 104 cm³/mol. The van der Waals surface area contributed by atoms with Gasteiger partial charge in [0.2, 0.25) is 5.91 Å². The molecule has 2 heterocycles. The van der Waals surface area contributed by atoms with Crippen LogP contribution in [0.1, 0.15) is 34.1 Å². The number of hydrogen-bond acceptors (Lipinski definition) is 5. The fraction of sp³-hybridized carbons (Fsp3) is 0.600. The third-order valence-electron chi connectivity index (χ3n) is 5.95. The van der Waals surface area contributed by atoms with Crippen molar-refractivity contribution in [3.8, 4) is 0 Å². The summed E-state index contributed by atoms with van der Waals surface area (Å²) < 4.78 is 20.1. The Balaban J connectivity index is 1.73. The van der Waals surface area contributed by atoms with E-state index in [0.29, 0.717) is 30.9 Å². The molecule has 2 fully saturated rings. The van der Waals surface area contributed by atoms with Crippen LogP contribution in [0, 0.1) is 11.2 Å². The Bertz CT molecular complexity index is 781. The average molecular weight is 393 g/mol. The van der Waals surface area contributed by atoms with Crippen LogP contribution < -0.4 is 15.1 Å². The van der Waals surface area contributed by atoms with Gasteiger partial charge in [0, 0.05) is 25.4 Å². The first-order chi connectivity index (χ1) is 13.0. The number of anilines is 2. The van der Waals surface area contributed by atoms with E-state index in [-0.39, 0.29) is 24.4 Å². The van der Waals surface area contributed by atoms with E-state index in [2.05, 4.69) is 5.32 Å². The summed E-state index contributed by atoms with van der Waals surface area (Å²) in [7, 11) is 0. The van der Waals surface area contributed by atoms with E-state index >= 15 is 0 Å². The van der Waals surface area contributed by atoms with Crippen LogP contribution in [0.15, 0.2) is 18.2 Å². The number of piperidine rings is 1. The Labute approximate surface area is 164 Å². The number of nitrogens with one attached hydrogen (secondary N) is 1. The third-order valence-corrected chi connectivity index (χ3v) is 5.95. The fourth-order valence-electron chi connectivity index (χ4n) is 3.64. The van der Waals surface area contributed by atoms with E-state index in [1.165, 1.54) is 17.9 Å². The van der Waals surface area contributed by atoms with Gasteiger partial charge in [-0.15, -0.1) is 0 Å². The molecule has 1 unspecified atom stereocenters. The molecule has 2 aliphatic rings. The van der Waals surface area contributed by atoms with E-state index < -0.39 is 23.6 Å². The van der Waals surface area contributed by atoms with E-state index in [1.54, 1.807) is 12.1 Å². The summed E-state index contributed by atoms with van der Waals surface area (Å²) in [6.07, 6.45) is -0.480. The molecule has 2 amide bonds. The van der Waals surface area contributed by atoms with Gasteiger partial charge in [0.1, 0.15) is 11.9 Å². The summed E-state index contributed by atoms with van der Waals surface area (Å²) >= 11 is 0. The van der Waals surface area contributed by atoms with Crippen molar-refractivity contribution in [3.63, 3.8) is 0 Å². The van der Waals surface area contributed by atoms with Crippen molar-refractivity contribution < 1.29 is 23.8 Å². The minimum absolute atomic E-state index is 0.201. The maximum Gasteiger partial charge on any atom is 0.414 e. The van der Waals surface area contributed by atoms with Crippen LogP contribution in [0.5, 0.6) is 0 Å². The van der Waals surface area contributed by atoms with Crippen LogP contribution >= 0.6 is 0 Å². The Hall–Kier alpha value is -2.35. The molecule has 154 valence electrons. The third kappa shape index (κ3) is 3.92. The van der Waals surface area contributed by atoms with Gasteiger partial charge in [0.15, 0.2) is 0 Å². The number of carbonyl (C=O) groups is 2. The molecule has 2 atom stereocenters. The molecular weight excluding hydrogens is 365 g/mol. The van der Waals surface area contributed by atoms with Crippen LogP contribution in [0.3, 0.4) is 0 Å². The van der Waals surface area contributed by atoms with Crippen LogP contribution in [-0.4, -0.2) is 55.0 Å². The van der Waals surface area contributed by atoms with Crippen molar-refractivity contribution >= 4 is 23.4 Å². The SMILES string of the molecule is CC(=O)NC[C@H]1CN(c2ccc(N3CCC(C)(O)C(C)(C)C3)c(F)c2)C(=O)O1. The second kappa shape index (κ2) is 7.24. The maximum absolute atomic E-state index is 14.9. The standard InChI is InChI=1S/C20H28FN3O4/c1-13(25)22-10-15-11-24(18(26)28-15)14-5-6-17(16(21)9-14)23-8-7-20(4,27)19(2,3)12-23/h5-6,9,15,27H,7-8,10-12H2,1-4H3,(H,22,25)/t15-,20?/m0/s1. The van der Waals surface area contributed by atoms with Crippen molar-refractivity contribution in [1.82, 2.24) is 5.32 Å². The highest BCUT2D eigenvalue weighted by molar-refractivity contribution is 5.90. The first kappa shape index (κ1) is 20.4. The second-order valence-corrected chi connectivity index (χ2v) is 8.52. The molecule has 8 heteroatoms. The zero-order valence-corrected chi connectivity index (χ0v) is 16.8. The number of amides is 2. The number of ether oxygens (including phenoxy) is 1. The monoisotopic (exact) mass is 393 g/mol. The highest BCUT2D eigenvalue weighted by atomic mass is 19.1. The molecule has 1 aromatic carbocycles. The van der Waals surface area contributed by atoms with Crippen LogP contribution in [0.25, 0.3) is 0 Å². The Morgan fingerprint density at radius 3 is 2.71 bits per heavy atom. The summed E-state index contributed by atoms with van der Waals surface area (Å²) in [4.78, 5) is 26.4. The molecular formula is C20H28FN3O4. The molecule has 0 aromatic heterocycles. The smallest absolute Gasteiger partial charge is 0.414 e. The van der Waals surface area contributed by atoms with Crippen molar-refractivity contribution in [2.45, 2.75) is 45.8 Å². The number of hydrogen-bond donors (Lipinski definition) is 2. The minimum Gasteiger partial charge on any atom is -0.442 e. The van der Waals surface area contributed by atoms with Crippen LogP contribution in [-0.2, 0) is 9.53 Å². The number of cyclic esters (lactones) is 1. The van der Waals surface area contributed by atoms with Gasteiger partial charge in [0.25, 0.3) is 0 Å². The molecule has 0 saturated carbocycles. The first-order valence-corrected chi connectivity index (χ1v) is 9.50. The molecule has 3 rings (SSSR count). The van der Waals surface area contributed by atoms with Gasteiger partial charge in [0.05, 0.1) is 30.1 Å². The lowest BCUT2D eigenvalue weighted by Crippen LogP contribution is -2.56. The Morgan fingerprint density at radius 1 is 1.39 bits per heavy atom. The highest BCUT2D eigenvalue weighted by Crippen LogP contribution is 2.40. The zero-order chi connectivity index (χ0) is 20.7. The minimum atomic E-state index is -0.803. The average Bonchev–Trinajstić information content (AvgIpc) is 2.96. The summed E-state index contributed by atoms with van der Waals surface area (Å²) in [5.41, 5.74) is -0.316. The largest absolute Gasteiger partial charge is 0.442 e. The summed E-state index contributed by atoms with van der Waals surface area (Å²) in [6, 6.07) is 4.69. The lowest BCUT2D eigenvalue weighted by molar-refractivity contribution is -0.119. The quantitative estimate of drug-likeness (QED) is 0.820. The summed E-state index contributed by atoms with van der Waals surface area (Å²) in [6.45, 7) is 8.71. The van der Waals surface area contributed by atoms with E-state index in [9.17, 15) is 19.1 Å². The molecule has 2 aliphatic heterocycles. The topological polar surface area (TPSA) is 82.1 Å². The number of carbonyl (C=O) groups excluding carboxylic acids is 2. The van der Waals surface area contributed by atoms with Gasteiger partial charge in [-0.1, -0.05) is 13.8 Å². The van der Waals surface area contributed by atoms with E-state index in [1.807, 2.05) is 25.7 Å². The van der Waals surface area contributed by atoms with Gasteiger partial charge in [-0.25, -0.2) is 9.18 Å². The maximum atomic E-state index is 14.9. The van der Waals surface area contributed by atoms with Crippen molar-refractivity contribution in [2.24, 2.45) is 5.41 Å². The van der Waals surface area contributed by atoms with E-state index in [0.717, 1.165) is 0 Å². The molecule has 2 N–H and O–H groups in total. The Morgan fingerprint density at radius 2 is 2.11 bits per heavy atom. The van der Waals surface area contributed by atoms with Gasteiger partial charge >= 0.3 is 6.09 Å². The van der Waals surface area contributed by atoms with E-state index in [4.69, 9.17) is 4.74 Å². The first-order valence-electron chi connectivity index (χ1n) is 9.50. The molecule has 0 radical (unpaired) electrons. The van der Waals surface area contributed by atoms with Crippen LogP contribution in [0.2, 0.25) is 0 Å². The molecule has 0 bridgehead atoms. The number of nitrogens with zero attached hydrogens (tertiary/aromatic N) is 2. The molecule has 1 aromatic rings.